The molecule has 10 rings (SSSR count). The number of ether oxygens (including phenoxy) is 1. The van der Waals surface area contributed by atoms with Crippen LogP contribution >= 0.6 is 0 Å². The fraction of sp³-hybridized carbons (Fsp3) is 0.217. The number of para-hydroxylation sites is 4. The molecule has 0 bridgehead atoms. The molecular weight excluding hydrogens is 793 g/mol. The van der Waals surface area contributed by atoms with E-state index in [1.165, 1.54) is 0 Å². The van der Waals surface area contributed by atoms with Gasteiger partial charge in [0.05, 0.1) is 39.1 Å². The zero-order valence-electron chi connectivity index (χ0n) is 46.5. The number of hydrogen-bond acceptors (Lipinski definition) is 4. The standard InChI is InChI=1S/C60H58N4O/c1-58(2,3)42-31-32-61-56(36-42)64-52-26-14-13-23-50(52)51-30-29-47(38-55(51)64)65-46-22-17-21-45(37-46)62-39-63(54-28-16-15-27-53(54)62)57-48(40-19-11-10-12-20-40)24-18-25-49(57)41-33-43(59(4,5)6)35-44(34-41)60(7,8)9/h10-38H,39H2,1-9H3/i10D,11D,12D,19D,20D,31D,32D,36D. The SMILES string of the molecule is [2H]c1nc(-n2c3ccccc3c3ccc(Oc4cccc(N5CN(c6c(-c7cc(C(C)(C)C)cc(C(C)(C)C)c7)cccc6-c6c([2H])c([2H])c([2H])c([2H])c6[2H])c6ccccc65)c4)cc32)c([2H])c(C(C)(C)C)c1[2H]. The van der Waals surface area contributed by atoms with E-state index in [0.717, 1.165) is 61.1 Å². The summed E-state index contributed by atoms with van der Waals surface area (Å²) in [5.41, 5.74) is 9.21. The number of anilines is 4. The van der Waals surface area contributed by atoms with Gasteiger partial charge in [0.15, 0.2) is 0 Å². The lowest BCUT2D eigenvalue weighted by atomic mass is 9.78. The van der Waals surface area contributed by atoms with Gasteiger partial charge in [0.25, 0.3) is 0 Å². The minimum absolute atomic E-state index is 0.0473. The summed E-state index contributed by atoms with van der Waals surface area (Å²) in [6.45, 7) is 19.4. The third-order valence-corrected chi connectivity index (χ3v) is 12.3. The maximum Gasteiger partial charge on any atom is 0.137 e. The van der Waals surface area contributed by atoms with Gasteiger partial charge in [0.2, 0.25) is 0 Å². The summed E-state index contributed by atoms with van der Waals surface area (Å²) in [6.07, 6.45) is -0.189. The number of benzene rings is 7. The van der Waals surface area contributed by atoms with Gasteiger partial charge in [-0.15, -0.1) is 0 Å². The van der Waals surface area contributed by atoms with Crippen LogP contribution in [0.5, 0.6) is 11.5 Å². The van der Waals surface area contributed by atoms with Gasteiger partial charge in [-0.25, -0.2) is 4.98 Å². The lowest BCUT2D eigenvalue weighted by Gasteiger charge is -2.29. The van der Waals surface area contributed by atoms with Gasteiger partial charge in [-0.1, -0.05) is 165 Å². The Morgan fingerprint density at radius 3 is 1.85 bits per heavy atom. The molecule has 1 aliphatic heterocycles. The molecule has 5 heteroatoms. The van der Waals surface area contributed by atoms with Gasteiger partial charge >= 0.3 is 0 Å². The van der Waals surface area contributed by atoms with Gasteiger partial charge in [0, 0.05) is 45.9 Å². The Kier molecular flexibility index (Phi) is 8.15. The number of rotatable bonds is 7. The van der Waals surface area contributed by atoms with Crippen molar-refractivity contribution in [2.45, 2.75) is 78.6 Å². The molecule has 1 aliphatic rings. The van der Waals surface area contributed by atoms with E-state index in [1.807, 2.05) is 116 Å². The van der Waals surface area contributed by atoms with E-state index in [9.17, 15) is 4.11 Å². The maximum absolute atomic E-state index is 9.38. The molecular formula is C60H58N4O. The summed E-state index contributed by atoms with van der Waals surface area (Å²) in [5, 5.41) is 1.88. The Morgan fingerprint density at radius 2 is 1.14 bits per heavy atom. The van der Waals surface area contributed by atoms with E-state index in [0.29, 0.717) is 35.0 Å². The van der Waals surface area contributed by atoms with Crippen molar-refractivity contribution in [3.63, 3.8) is 0 Å². The predicted octanol–water partition coefficient (Wildman–Crippen LogP) is 16.4. The molecule has 0 radical (unpaired) electrons. The van der Waals surface area contributed by atoms with Crippen LogP contribution in [0.15, 0.2) is 176 Å². The van der Waals surface area contributed by atoms with Crippen molar-refractivity contribution in [2.24, 2.45) is 0 Å². The van der Waals surface area contributed by atoms with E-state index in [2.05, 4.69) is 92.7 Å². The number of aromatic nitrogens is 2. The van der Waals surface area contributed by atoms with Crippen molar-refractivity contribution in [1.82, 2.24) is 9.55 Å². The Balaban J connectivity index is 1.10. The molecule has 9 aromatic rings. The normalized spacial score (nSPS) is 14.9. The number of hydrogen-bond donors (Lipinski definition) is 0. The second-order valence-electron chi connectivity index (χ2n) is 20.0. The first kappa shape index (κ1) is 33.4. The van der Waals surface area contributed by atoms with Gasteiger partial charge in [-0.2, -0.15) is 0 Å². The number of fused-ring (bicyclic) bond motifs is 4. The molecule has 0 N–H and O–H groups in total. The van der Waals surface area contributed by atoms with Crippen molar-refractivity contribution < 1.29 is 15.7 Å². The minimum atomic E-state index is -0.573. The molecule has 5 nitrogen and oxygen atoms in total. The molecule has 2 aromatic heterocycles. The van der Waals surface area contributed by atoms with Crippen LogP contribution in [0.4, 0.5) is 22.7 Å². The molecule has 3 heterocycles. The number of nitrogens with zero attached hydrogens (tertiary/aromatic N) is 4. The van der Waals surface area contributed by atoms with Crippen molar-refractivity contribution in [3.05, 3.63) is 193 Å². The van der Waals surface area contributed by atoms with E-state index < -0.39 is 23.5 Å². The Labute approximate surface area is 395 Å². The Morgan fingerprint density at radius 1 is 0.523 bits per heavy atom. The highest BCUT2D eigenvalue weighted by atomic mass is 16.5. The van der Waals surface area contributed by atoms with Crippen molar-refractivity contribution in [3.8, 4) is 39.6 Å². The Hall–Kier alpha value is -7.11. The van der Waals surface area contributed by atoms with E-state index in [-0.39, 0.29) is 52.6 Å². The molecule has 0 aliphatic carbocycles. The predicted molar refractivity (Wildman–Crippen MR) is 274 cm³/mol. The molecule has 0 saturated heterocycles. The highest BCUT2D eigenvalue weighted by Gasteiger charge is 2.32. The lowest BCUT2D eigenvalue weighted by Crippen LogP contribution is -2.25. The summed E-state index contributed by atoms with van der Waals surface area (Å²) < 4.78 is 79.8. The fourth-order valence-electron chi connectivity index (χ4n) is 8.81. The van der Waals surface area contributed by atoms with Crippen LogP contribution in [0.1, 0.15) is 90.0 Å². The van der Waals surface area contributed by atoms with Gasteiger partial charge in [-0.3, -0.25) is 4.57 Å². The second kappa shape index (κ2) is 15.8. The first-order chi connectivity index (χ1) is 34.4. The highest BCUT2D eigenvalue weighted by Crippen LogP contribution is 2.51. The molecule has 0 atom stereocenters. The van der Waals surface area contributed by atoms with Crippen molar-refractivity contribution >= 4 is 44.6 Å². The molecule has 0 amide bonds. The first-order valence-electron chi connectivity index (χ1n) is 26.2. The molecule has 0 spiro atoms. The zero-order chi connectivity index (χ0) is 52.2. The first-order valence-corrected chi connectivity index (χ1v) is 22.2. The summed E-state index contributed by atoms with van der Waals surface area (Å²) in [7, 11) is 0. The molecule has 7 aromatic carbocycles. The van der Waals surface area contributed by atoms with Crippen LogP contribution < -0.4 is 14.5 Å². The second-order valence-corrected chi connectivity index (χ2v) is 20.0. The van der Waals surface area contributed by atoms with Crippen LogP contribution in [0, 0.1) is 0 Å². The van der Waals surface area contributed by atoms with Gasteiger partial charge in [0.1, 0.15) is 24.0 Å². The topological polar surface area (TPSA) is 33.5 Å². The lowest BCUT2D eigenvalue weighted by molar-refractivity contribution is 0.483. The average molecular weight is 859 g/mol. The molecule has 0 unspecified atom stereocenters. The van der Waals surface area contributed by atoms with Crippen LogP contribution in [0.2, 0.25) is 0 Å². The third-order valence-electron chi connectivity index (χ3n) is 12.3. The summed E-state index contributed by atoms with van der Waals surface area (Å²) in [5.74, 6) is 1.40. The molecule has 0 saturated carbocycles. The average Bonchev–Trinajstić information content (AvgIpc) is 3.89. The smallest absolute Gasteiger partial charge is 0.137 e. The van der Waals surface area contributed by atoms with E-state index in [1.54, 1.807) is 0 Å². The van der Waals surface area contributed by atoms with E-state index in [4.69, 9.17) is 11.6 Å². The summed E-state index contributed by atoms with van der Waals surface area (Å²) in [6, 6.07) is 40.6. The fourth-order valence-corrected chi connectivity index (χ4v) is 8.81. The highest BCUT2D eigenvalue weighted by molar-refractivity contribution is 6.09. The molecule has 324 valence electrons. The maximum atomic E-state index is 9.38. The van der Waals surface area contributed by atoms with E-state index >= 15 is 0 Å². The van der Waals surface area contributed by atoms with Crippen molar-refractivity contribution in [2.75, 3.05) is 16.5 Å². The van der Waals surface area contributed by atoms with Crippen LogP contribution in [-0.2, 0) is 16.2 Å². The zero-order valence-corrected chi connectivity index (χ0v) is 38.5. The third kappa shape index (κ3) is 7.84. The van der Waals surface area contributed by atoms with Gasteiger partial charge in [-0.05, 0) is 98.6 Å². The monoisotopic (exact) mass is 859 g/mol. The Bertz CT molecular complexity index is 3650. The number of pyridine rings is 1. The summed E-state index contributed by atoms with van der Waals surface area (Å²) >= 11 is 0. The molecule has 65 heavy (non-hydrogen) atoms. The quantitative estimate of drug-likeness (QED) is 0.160. The van der Waals surface area contributed by atoms with Crippen LogP contribution in [-0.4, -0.2) is 16.2 Å². The van der Waals surface area contributed by atoms with Crippen LogP contribution in [0.3, 0.4) is 0 Å². The largest absolute Gasteiger partial charge is 0.457 e. The van der Waals surface area contributed by atoms with Gasteiger partial charge < -0.3 is 14.5 Å². The molecule has 0 fully saturated rings. The van der Waals surface area contributed by atoms with Crippen molar-refractivity contribution in [1.29, 1.82) is 0 Å². The minimum Gasteiger partial charge on any atom is -0.457 e. The van der Waals surface area contributed by atoms with Crippen LogP contribution in [0.25, 0.3) is 49.9 Å². The summed E-state index contributed by atoms with van der Waals surface area (Å²) in [4.78, 5) is 8.94.